The van der Waals surface area contributed by atoms with Crippen LogP contribution in [0, 0.1) is 17.6 Å². The summed E-state index contributed by atoms with van der Waals surface area (Å²) >= 11 is 1.35. The number of carbonyl (C=O) groups excluding carboxylic acids is 1. The second-order valence-corrected chi connectivity index (χ2v) is 8.22. The minimum Gasteiger partial charge on any atom is -0.347 e. The van der Waals surface area contributed by atoms with E-state index in [1.54, 1.807) is 0 Å². The van der Waals surface area contributed by atoms with E-state index in [2.05, 4.69) is 15.4 Å². The molecule has 1 fully saturated rings. The summed E-state index contributed by atoms with van der Waals surface area (Å²) in [6.07, 6.45) is 2.74. The van der Waals surface area contributed by atoms with Gasteiger partial charge in [0.1, 0.15) is 11.6 Å². The number of nitrogens with zero attached hydrogens (tertiary/aromatic N) is 4. The lowest BCUT2D eigenvalue weighted by Gasteiger charge is -2.30. The van der Waals surface area contributed by atoms with E-state index in [9.17, 15) is 18.4 Å². The van der Waals surface area contributed by atoms with Crippen molar-refractivity contribution in [1.29, 1.82) is 0 Å². The van der Waals surface area contributed by atoms with Gasteiger partial charge >= 0.3 is 0 Å². The number of fused-ring (bicyclic) bond motifs is 1. The molecule has 0 unspecified atom stereocenters. The van der Waals surface area contributed by atoms with Gasteiger partial charge in [-0.2, -0.15) is 4.52 Å². The molecule has 1 aromatic carbocycles. The molecule has 0 spiro atoms. The van der Waals surface area contributed by atoms with E-state index in [1.165, 1.54) is 21.9 Å². The summed E-state index contributed by atoms with van der Waals surface area (Å²) in [6, 6.07) is 4.48. The highest BCUT2D eigenvalue weighted by molar-refractivity contribution is 7.20. The van der Waals surface area contributed by atoms with Crippen LogP contribution in [0.15, 0.2) is 29.1 Å². The molecule has 1 aliphatic heterocycles. The molecule has 1 amide bonds. The van der Waals surface area contributed by atoms with Crippen LogP contribution in [0.25, 0.3) is 4.96 Å². The van der Waals surface area contributed by atoms with Crippen LogP contribution in [0.2, 0.25) is 0 Å². The average Bonchev–Trinajstić information content (AvgIpc) is 3.16. The van der Waals surface area contributed by atoms with Gasteiger partial charge in [-0.25, -0.2) is 13.8 Å². The van der Waals surface area contributed by atoms with E-state index in [4.69, 9.17) is 0 Å². The zero-order valence-electron chi connectivity index (χ0n) is 16.4. The first-order chi connectivity index (χ1) is 14.4. The van der Waals surface area contributed by atoms with Gasteiger partial charge in [0, 0.05) is 36.8 Å². The van der Waals surface area contributed by atoms with Crippen molar-refractivity contribution in [2.45, 2.75) is 32.6 Å². The van der Waals surface area contributed by atoms with Gasteiger partial charge in [0.05, 0.1) is 5.69 Å². The monoisotopic (exact) mass is 433 g/mol. The molecule has 2 aromatic heterocycles. The van der Waals surface area contributed by atoms with E-state index in [-0.39, 0.29) is 23.1 Å². The van der Waals surface area contributed by atoms with Crippen molar-refractivity contribution in [3.8, 4) is 0 Å². The zero-order chi connectivity index (χ0) is 21.3. The maximum Gasteiger partial charge on any atom is 0.275 e. The maximum absolute atomic E-state index is 13.8. The zero-order valence-corrected chi connectivity index (χ0v) is 17.2. The van der Waals surface area contributed by atoms with Gasteiger partial charge in [0.2, 0.25) is 16.0 Å². The second-order valence-electron chi connectivity index (χ2n) is 7.29. The van der Waals surface area contributed by atoms with Crippen molar-refractivity contribution in [2.24, 2.45) is 5.92 Å². The standard InChI is InChI=1S/C20H21F2N5O2S/c1-2-3-14-11-17(28)27-19(23-14)30-20(25-27)26-8-6-12(7-9-26)18(29)24-16-10-13(21)4-5-15(16)22/h4-5,10-12H,2-3,6-9H2,1H3,(H,24,29). The lowest BCUT2D eigenvalue weighted by molar-refractivity contribution is -0.120. The number of anilines is 2. The summed E-state index contributed by atoms with van der Waals surface area (Å²) in [6.45, 7) is 3.17. The highest BCUT2D eigenvalue weighted by Crippen LogP contribution is 2.28. The quantitative estimate of drug-likeness (QED) is 0.668. The Morgan fingerprint density at radius 3 is 2.77 bits per heavy atom. The smallest absolute Gasteiger partial charge is 0.275 e. The van der Waals surface area contributed by atoms with E-state index in [1.807, 2.05) is 11.8 Å². The molecule has 10 heteroatoms. The Morgan fingerprint density at radius 1 is 1.27 bits per heavy atom. The van der Waals surface area contributed by atoms with Gasteiger partial charge in [0.15, 0.2) is 0 Å². The van der Waals surface area contributed by atoms with E-state index in [0.29, 0.717) is 36.0 Å². The Kier molecular flexibility index (Phi) is 5.76. The van der Waals surface area contributed by atoms with E-state index >= 15 is 0 Å². The number of rotatable bonds is 5. The largest absolute Gasteiger partial charge is 0.347 e. The van der Waals surface area contributed by atoms with Crippen LogP contribution in [-0.2, 0) is 11.2 Å². The lowest BCUT2D eigenvalue weighted by Crippen LogP contribution is -2.38. The fourth-order valence-corrected chi connectivity index (χ4v) is 4.50. The first-order valence-electron chi connectivity index (χ1n) is 9.85. The molecule has 0 radical (unpaired) electrons. The molecule has 7 nitrogen and oxygen atoms in total. The number of nitrogens with one attached hydrogen (secondary N) is 1. The summed E-state index contributed by atoms with van der Waals surface area (Å²) in [7, 11) is 0. The molecular formula is C20H21F2N5O2S. The molecule has 1 aliphatic rings. The highest BCUT2D eigenvalue weighted by Gasteiger charge is 2.27. The number of benzene rings is 1. The Balaban J connectivity index is 1.43. The number of halogens is 2. The molecule has 30 heavy (non-hydrogen) atoms. The normalized spacial score (nSPS) is 15.0. The van der Waals surface area contributed by atoms with Gasteiger partial charge in [0.25, 0.3) is 5.56 Å². The number of amides is 1. The number of hydrogen-bond acceptors (Lipinski definition) is 6. The number of hydrogen-bond donors (Lipinski definition) is 1. The van der Waals surface area contributed by atoms with E-state index in [0.717, 1.165) is 36.7 Å². The highest BCUT2D eigenvalue weighted by atomic mass is 32.1. The summed E-state index contributed by atoms with van der Waals surface area (Å²) in [5.41, 5.74) is 0.414. The second kappa shape index (κ2) is 8.47. The summed E-state index contributed by atoms with van der Waals surface area (Å²) in [5.74, 6) is -1.92. The molecule has 3 heterocycles. The molecule has 3 aromatic rings. The Morgan fingerprint density at radius 2 is 2.03 bits per heavy atom. The topological polar surface area (TPSA) is 79.6 Å². The number of carbonyl (C=O) groups is 1. The summed E-state index contributed by atoms with van der Waals surface area (Å²) in [4.78, 5) is 31.8. The van der Waals surface area contributed by atoms with Gasteiger partial charge in [-0.05, 0) is 31.4 Å². The number of piperidine rings is 1. The van der Waals surface area contributed by atoms with Crippen molar-refractivity contribution < 1.29 is 13.6 Å². The predicted molar refractivity (Wildman–Crippen MR) is 111 cm³/mol. The van der Waals surface area contributed by atoms with Crippen molar-refractivity contribution in [2.75, 3.05) is 23.3 Å². The van der Waals surface area contributed by atoms with Crippen LogP contribution in [0.5, 0.6) is 0 Å². The van der Waals surface area contributed by atoms with Crippen LogP contribution in [0.3, 0.4) is 0 Å². The molecule has 0 saturated carbocycles. The van der Waals surface area contributed by atoms with Crippen LogP contribution < -0.4 is 15.8 Å². The maximum atomic E-state index is 13.8. The Bertz CT molecular complexity index is 1140. The Labute approximate surface area is 175 Å². The summed E-state index contributed by atoms with van der Waals surface area (Å²) < 4.78 is 28.4. The minimum absolute atomic E-state index is 0.151. The molecule has 1 N–H and O–H groups in total. The van der Waals surface area contributed by atoms with Crippen molar-refractivity contribution in [3.63, 3.8) is 0 Å². The third kappa shape index (κ3) is 4.18. The minimum atomic E-state index is -0.669. The fourth-order valence-electron chi connectivity index (χ4n) is 3.52. The number of aromatic nitrogens is 3. The molecule has 4 rings (SSSR count). The predicted octanol–water partition coefficient (Wildman–Crippen LogP) is 3.24. The van der Waals surface area contributed by atoms with Crippen LogP contribution >= 0.6 is 11.3 Å². The lowest BCUT2D eigenvalue weighted by atomic mass is 9.96. The number of aryl methyl sites for hydroxylation is 1. The average molecular weight is 433 g/mol. The first kappa shape index (κ1) is 20.4. The van der Waals surface area contributed by atoms with Gasteiger partial charge < -0.3 is 10.2 Å². The van der Waals surface area contributed by atoms with Crippen LogP contribution in [0.1, 0.15) is 31.9 Å². The fraction of sp³-hybridized carbons (Fsp3) is 0.400. The molecule has 0 atom stereocenters. The van der Waals surface area contributed by atoms with Crippen molar-refractivity contribution in [3.05, 3.63) is 51.9 Å². The third-order valence-corrected chi connectivity index (χ3v) is 6.09. The summed E-state index contributed by atoms with van der Waals surface area (Å²) in [5, 5.41) is 7.56. The molecule has 158 valence electrons. The molecule has 1 saturated heterocycles. The third-order valence-electron chi connectivity index (χ3n) is 5.12. The van der Waals surface area contributed by atoms with Crippen molar-refractivity contribution >= 4 is 33.0 Å². The SMILES string of the molecule is CCCc1cc(=O)n2nc(N3CCC(C(=O)Nc4cc(F)ccc4F)CC3)sc2n1. The molecule has 0 aliphatic carbocycles. The molecule has 0 bridgehead atoms. The Hall–Kier alpha value is -2.88. The van der Waals surface area contributed by atoms with Crippen molar-refractivity contribution in [1.82, 2.24) is 14.6 Å². The van der Waals surface area contributed by atoms with Gasteiger partial charge in [-0.3, -0.25) is 9.59 Å². The van der Waals surface area contributed by atoms with Crippen LogP contribution in [0.4, 0.5) is 19.6 Å². The first-order valence-corrected chi connectivity index (χ1v) is 10.7. The molecular weight excluding hydrogens is 412 g/mol. The van der Waals surface area contributed by atoms with E-state index < -0.39 is 11.6 Å². The van der Waals surface area contributed by atoms with Crippen LogP contribution in [-0.4, -0.2) is 33.6 Å². The van der Waals surface area contributed by atoms with Gasteiger partial charge in [-0.15, -0.1) is 5.10 Å². The van der Waals surface area contributed by atoms with Gasteiger partial charge in [-0.1, -0.05) is 24.7 Å².